The van der Waals surface area contributed by atoms with Crippen molar-refractivity contribution in [2.24, 2.45) is 0 Å². The van der Waals surface area contributed by atoms with Crippen molar-refractivity contribution in [2.75, 3.05) is 18.6 Å². The first-order chi connectivity index (χ1) is 6.20. The number of para-hydroxylation sites is 1. The number of benzene rings is 1. The number of hydrogen-bond acceptors (Lipinski definition) is 2. The number of anilines is 1. The van der Waals surface area contributed by atoms with Gasteiger partial charge in [-0.15, -0.1) is 0 Å². The maximum absolute atomic E-state index is 10.6. The van der Waals surface area contributed by atoms with Crippen LogP contribution in [0.1, 0.15) is 8.35 Å². The summed E-state index contributed by atoms with van der Waals surface area (Å²) in [5, 5.41) is 2.73. The number of hydrogen-bond donors (Lipinski definition) is 1. The highest BCUT2D eigenvalue weighted by Crippen LogP contribution is 2.09. The lowest BCUT2D eigenvalue weighted by Gasteiger charge is -2.18. The minimum absolute atomic E-state index is 0. The van der Waals surface area contributed by atoms with Gasteiger partial charge in [0.05, 0.1) is 6.67 Å². The normalized spacial score (nSPS) is 9.38. The largest absolute Gasteiger partial charge is 0.357 e. The minimum Gasteiger partial charge on any atom is -0.357 e. The Morgan fingerprint density at radius 2 is 2.08 bits per heavy atom. The summed E-state index contributed by atoms with van der Waals surface area (Å²) in [6, 6.07) is 9.92. The van der Waals surface area contributed by atoms with Crippen LogP contribution in [-0.2, 0) is 4.79 Å². The maximum atomic E-state index is 10.6. The Labute approximate surface area is 79.8 Å². The first-order valence-electron chi connectivity index (χ1n) is 4.21. The lowest BCUT2D eigenvalue weighted by atomic mass is 10.3. The Balaban J connectivity index is 0.00000169. The van der Waals surface area contributed by atoms with Gasteiger partial charge in [0.15, 0.2) is 0 Å². The maximum Gasteiger partial charge on any atom is 0.218 e. The number of carbonyl (C=O) groups excluding carboxylic acids is 1. The SMILES string of the molecule is CC(=O)NCN(C)c1ccccc1.[HH]. The zero-order chi connectivity index (χ0) is 9.68. The van der Waals surface area contributed by atoms with Crippen LogP contribution in [0.3, 0.4) is 0 Å². The van der Waals surface area contributed by atoms with Crippen molar-refractivity contribution in [1.29, 1.82) is 0 Å². The molecular weight excluding hydrogens is 164 g/mol. The molecule has 3 heteroatoms. The van der Waals surface area contributed by atoms with Crippen LogP contribution in [0.5, 0.6) is 0 Å². The monoisotopic (exact) mass is 180 g/mol. The van der Waals surface area contributed by atoms with Crippen LogP contribution in [-0.4, -0.2) is 19.6 Å². The van der Waals surface area contributed by atoms with E-state index in [0.717, 1.165) is 5.69 Å². The topological polar surface area (TPSA) is 32.3 Å². The molecule has 0 unspecified atom stereocenters. The molecule has 1 aromatic carbocycles. The van der Waals surface area contributed by atoms with Gasteiger partial charge in [-0.05, 0) is 12.1 Å². The third-order valence-corrected chi connectivity index (χ3v) is 1.76. The molecule has 0 atom stereocenters. The van der Waals surface area contributed by atoms with Crippen molar-refractivity contribution >= 4 is 11.6 Å². The second kappa shape index (κ2) is 4.50. The Hall–Kier alpha value is -1.51. The summed E-state index contributed by atoms with van der Waals surface area (Å²) in [4.78, 5) is 12.6. The third-order valence-electron chi connectivity index (χ3n) is 1.76. The summed E-state index contributed by atoms with van der Waals surface area (Å²) in [5.74, 6) is -0.0113. The zero-order valence-corrected chi connectivity index (χ0v) is 7.95. The Morgan fingerprint density at radius 1 is 1.46 bits per heavy atom. The molecule has 0 aliphatic rings. The quantitative estimate of drug-likeness (QED) is 0.714. The first-order valence-corrected chi connectivity index (χ1v) is 4.21. The van der Waals surface area contributed by atoms with E-state index in [1.165, 1.54) is 6.92 Å². The molecule has 0 heterocycles. The van der Waals surface area contributed by atoms with Crippen LogP contribution >= 0.6 is 0 Å². The van der Waals surface area contributed by atoms with Gasteiger partial charge >= 0.3 is 0 Å². The lowest BCUT2D eigenvalue weighted by Crippen LogP contribution is -2.33. The summed E-state index contributed by atoms with van der Waals surface area (Å²) >= 11 is 0. The summed E-state index contributed by atoms with van der Waals surface area (Å²) in [6.45, 7) is 2.05. The van der Waals surface area contributed by atoms with Crippen LogP contribution in [0, 0.1) is 0 Å². The van der Waals surface area contributed by atoms with Gasteiger partial charge in [0.1, 0.15) is 0 Å². The summed E-state index contributed by atoms with van der Waals surface area (Å²) in [7, 11) is 1.94. The summed E-state index contributed by atoms with van der Waals surface area (Å²) in [6.07, 6.45) is 0. The van der Waals surface area contributed by atoms with Gasteiger partial charge in [0, 0.05) is 21.1 Å². The molecule has 0 aliphatic heterocycles. The molecule has 0 aromatic heterocycles. The van der Waals surface area contributed by atoms with Gasteiger partial charge in [-0.2, -0.15) is 0 Å². The van der Waals surface area contributed by atoms with Crippen LogP contribution in [0.2, 0.25) is 0 Å². The molecule has 3 nitrogen and oxygen atoms in total. The predicted octanol–water partition coefficient (Wildman–Crippen LogP) is 1.46. The second-order valence-electron chi connectivity index (χ2n) is 2.92. The molecule has 0 fully saturated rings. The van der Waals surface area contributed by atoms with E-state index in [1.54, 1.807) is 0 Å². The van der Waals surface area contributed by atoms with E-state index in [-0.39, 0.29) is 7.33 Å². The van der Waals surface area contributed by atoms with Gasteiger partial charge in [0.2, 0.25) is 5.91 Å². The number of nitrogens with zero attached hydrogens (tertiary/aromatic N) is 1. The molecule has 1 amide bonds. The average molecular weight is 180 g/mol. The van der Waals surface area contributed by atoms with Crippen LogP contribution in [0.15, 0.2) is 30.3 Å². The standard InChI is InChI=1S/C10H14N2O.H2/c1-9(13)11-8-12(2)10-6-4-3-5-7-10;/h3-7H,8H2,1-2H3,(H,11,13);1H. The van der Waals surface area contributed by atoms with E-state index in [2.05, 4.69) is 5.32 Å². The molecule has 0 aliphatic carbocycles. The van der Waals surface area contributed by atoms with Crippen molar-refractivity contribution in [3.63, 3.8) is 0 Å². The Kier molecular flexibility index (Phi) is 3.31. The smallest absolute Gasteiger partial charge is 0.218 e. The fraction of sp³-hybridized carbons (Fsp3) is 0.300. The van der Waals surface area contributed by atoms with E-state index in [0.29, 0.717) is 6.67 Å². The first kappa shape index (κ1) is 9.58. The molecule has 0 saturated carbocycles. The molecule has 1 aromatic rings. The van der Waals surface area contributed by atoms with Crippen molar-refractivity contribution in [3.8, 4) is 0 Å². The molecule has 1 N–H and O–H groups in total. The molecule has 13 heavy (non-hydrogen) atoms. The van der Waals surface area contributed by atoms with Gasteiger partial charge in [-0.25, -0.2) is 0 Å². The molecular formula is C10H16N2O. The number of nitrogens with one attached hydrogen (secondary N) is 1. The molecule has 72 valence electrons. The van der Waals surface area contributed by atoms with E-state index in [1.807, 2.05) is 42.3 Å². The van der Waals surface area contributed by atoms with Gasteiger partial charge in [0.25, 0.3) is 0 Å². The van der Waals surface area contributed by atoms with Crippen LogP contribution < -0.4 is 10.2 Å². The van der Waals surface area contributed by atoms with Crippen molar-refractivity contribution in [2.45, 2.75) is 6.92 Å². The average Bonchev–Trinajstić information content (AvgIpc) is 2.15. The third kappa shape index (κ3) is 3.15. The predicted molar refractivity (Wildman–Crippen MR) is 55.6 cm³/mol. The molecule has 0 saturated heterocycles. The van der Waals surface area contributed by atoms with Crippen LogP contribution in [0.4, 0.5) is 5.69 Å². The summed E-state index contributed by atoms with van der Waals surface area (Å²) in [5.41, 5.74) is 1.09. The molecule has 0 bridgehead atoms. The Morgan fingerprint density at radius 3 is 2.62 bits per heavy atom. The van der Waals surface area contributed by atoms with E-state index >= 15 is 0 Å². The fourth-order valence-electron chi connectivity index (χ4n) is 1.00. The Bertz CT molecular complexity index is 277. The van der Waals surface area contributed by atoms with Gasteiger partial charge in [-0.3, -0.25) is 4.79 Å². The van der Waals surface area contributed by atoms with Gasteiger partial charge in [-0.1, -0.05) is 18.2 Å². The number of rotatable bonds is 3. The fourth-order valence-corrected chi connectivity index (χ4v) is 1.00. The van der Waals surface area contributed by atoms with E-state index < -0.39 is 0 Å². The molecule has 1 rings (SSSR count). The lowest BCUT2D eigenvalue weighted by molar-refractivity contribution is -0.118. The number of amides is 1. The highest BCUT2D eigenvalue weighted by atomic mass is 16.1. The van der Waals surface area contributed by atoms with Crippen LogP contribution in [0.25, 0.3) is 0 Å². The molecule has 0 spiro atoms. The zero-order valence-electron chi connectivity index (χ0n) is 7.95. The van der Waals surface area contributed by atoms with E-state index in [4.69, 9.17) is 0 Å². The van der Waals surface area contributed by atoms with Crippen molar-refractivity contribution in [3.05, 3.63) is 30.3 Å². The highest BCUT2D eigenvalue weighted by molar-refractivity contribution is 5.73. The number of carbonyl (C=O) groups is 1. The van der Waals surface area contributed by atoms with Crippen molar-refractivity contribution < 1.29 is 6.22 Å². The van der Waals surface area contributed by atoms with E-state index in [9.17, 15) is 4.79 Å². The van der Waals surface area contributed by atoms with Gasteiger partial charge < -0.3 is 10.2 Å². The summed E-state index contributed by atoms with van der Waals surface area (Å²) < 4.78 is 0. The minimum atomic E-state index is -0.0113. The van der Waals surface area contributed by atoms with Crippen molar-refractivity contribution in [1.82, 2.24) is 5.32 Å². The highest BCUT2D eigenvalue weighted by Gasteiger charge is 1.98. The molecule has 0 radical (unpaired) electrons. The second-order valence-corrected chi connectivity index (χ2v) is 2.92.